The van der Waals surface area contributed by atoms with E-state index in [2.05, 4.69) is 17.1 Å². The molecule has 1 aliphatic rings. The van der Waals surface area contributed by atoms with Gasteiger partial charge in [0.25, 0.3) is 5.91 Å². The fourth-order valence-electron chi connectivity index (χ4n) is 3.15. The second kappa shape index (κ2) is 6.50. The molecule has 122 valence electrons. The number of aromatic nitrogens is 2. The third-order valence-corrected chi connectivity index (χ3v) is 4.46. The molecule has 0 spiro atoms. The highest BCUT2D eigenvalue weighted by atomic mass is 16.5. The largest absolute Gasteiger partial charge is 0.394 e. The van der Waals surface area contributed by atoms with Gasteiger partial charge >= 0.3 is 0 Å². The molecule has 6 nitrogen and oxygen atoms in total. The zero-order chi connectivity index (χ0) is 16.4. The Morgan fingerprint density at radius 3 is 3.00 bits per heavy atom. The lowest BCUT2D eigenvalue weighted by Gasteiger charge is -2.39. The van der Waals surface area contributed by atoms with Crippen LogP contribution in [0, 0.1) is 12.8 Å². The van der Waals surface area contributed by atoms with Crippen molar-refractivity contribution in [2.75, 3.05) is 13.2 Å². The second-order valence-electron chi connectivity index (χ2n) is 6.09. The van der Waals surface area contributed by atoms with Crippen molar-refractivity contribution in [3.63, 3.8) is 0 Å². The number of nitrogens with zero attached hydrogens (tertiary/aromatic N) is 3. The highest BCUT2D eigenvalue weighted by molar-refractivity contribution is 5.95. The highest BCUT2D eigenvalue weighted by Gasteiger charge is 2.31. The van der Waals surface area contributed by atoms with Crippen molar-refractivity contribution in [2.24, 2.45) is 5.92 Å². The molecule has 2 aromatic rings. The predicted octanol–water partition coefficient (Wildman–Crippen LogP) is 2.28. The van der Waals surface area contributed by atoms with Gasteiger partial charge in [-0.3, -0.25) is 4.79 Å². The predicted molar refractivity (Wildman–Crippen MR) is 84.8 cm³/mol. The first kappa shape index (κ1) is 15.7. The molecule has 3 rings (SSSR count). The Morgan fingerprint density at radius 1 is 1.48 bits per heavy atom. The van der Waals surface area contributed by atoms with E-state index in [1.165, 1.54) is 0 Å². The number of hydrogen-bond donors (Lipinski definition) is 1. The summed E-state index contributed by atoms with van der Waals surface area (Å²) < 4.78 is 4.99. The van der Waals surface area contributed by atoms with Crippen LogP contribution in [0.2, 0.25) is 0 Å². The van der Waals surface area contributed by atoms with E-state index >= 15 is 0 Å². The summed E-state index contributed by atoms with van der Waals surface area (Å²) in [5.74, 6) is 1.21. The number of carbonyl (C=O) groups excluding carboxylic acids is 1. The fraction of sp³-hybridized carbons (Fsp3) is 0.471. The number of piperidine rings is 1. The van der Waals surface area contributed by atoms with E-state index < -0.39 is 0 Å². The Balaban J connectivity index is 1.87. The van der Waals surface area contributed by atoms with Gasteiger partial charge < -0.3 is 14.5 Å². The van der Waals surface area contributed by atoms with Gasteiger partial charge in [0.2, 0.25) is 11.7 Å². The summed E-state index contributed by atoms with van der Waals surface area (Å²) in [6.45, 7) is 4.49. The number of benzene rings is 1. The first-order valence-corrected chi connectivity index (χ1v) is 7.92. The van der Waals surface area contributed by atoms with Crippen LogP contribution in [-0.2, 0) is 0 Å². The van der Waals surface area contributed by atoms with Crippen LogP contribution in [0.25, 0.3) is 11.4 Å². The minimum atomic E-state index is -0.118. The van der Waals surface area contributed by atoms with Crippen molar-refractivity contribution >= 4 is 5.91 Å². The molecule has 2 atom stereocenters. The Hall–Kier alpha value is -2.21. The number of amides is 1. The lowest BCUT2D eigenvalue weighted by Crippen LogP contribution is -2.49. The Labute approximate surface area is 135 Å². The van der Waals surface area contributed by atoms with Crippen LogP contribution in [0.4, 0.5) is 0 Å². The molecule has 1 aliphatic heterocycles. The van der Waals surface area contributed by atoms with Crippen molar-refractivity contribution in [3.05, 3.63) is 35.7 Å². The quantitative estimate of drug-likeness (QED) is 0.940. The summed E-state index contributed by atoms with van der Waals surface area (Å²) in [4.78, 5) is 18.8. The molecular formula is C17H21N3O3. The van der Waals surface area contributed by atoms with Crippen LogP contribution in [0.3, 0.4) is 0 Å². The third kappa shape index (κ3) is 3.12. The number of aliphatic hydroxyl groups excluding tert-OH is 1. The molecule has 1 aromatic heterocycles. The first-order chi connectivity index (χ1) is 11.1. The lowest BCUT2D eigenvalue weighted by atomic mass is 9.90. The zero-order valence-corrected chi connectivity index (χ0v) is 13.4. The van der Waals surface area contributed by atoms with E-state index in [1.54, 1.807) is 24.0 Å². The molecule has 0 aliphatic carbocycles. The molecular weight excluding hydrogens is 294 g/mol. The van der Waals surface area contributed by atoms with Crippen molar-refractivity contribution in [1.29, 1.82) is 0 Å². The van der Waals surface area contributed by atoms with Gasteiger partial charge in [-0.1, -0.05) is 24.2 Å². The molecule has 0 radical (unpaired) electrons. The number of hydrogen-bond acceptors (Lipinski definition) is 5. The minimum Gasteiger partial charge on any atom is -0.394 e. The van der Waals surface area contributed by atoms with E-state index in [0.717, 1.165) is 18.4 Å². The maximum Gasteiger partial charge on any atom is 0.254 e. The molecule has 1 amide bonds. The summed E-state index contributed by atoms with van der Waals surface area (Å²) in [5.41, 5.74) is 1.33. The van der Waals surface area contributed by atoms with E-state index in [0.29, 0.717) is 29.7 Å². The topological polar surface area (TPSA) is 79.5 Å². The normalized spacial score (nSPS) is 21.4. The summed E-state index contributed by atoms with van der Waals surface area (Å²) in [6.07, 6.45) is 2.00. The van der Waals surface area contributed by atoms with Gasteiger partial charge in [0.1, 0.15) is 0 Å². The second-order valence-corrected chi connectivity index (χ2v) is 6.09. The summed E-state index contributed by atoms with van der Waals surface area (Å²) in [5, 5.41) is 13.5. The van der Waals surface area contributed by atoms with Crippen LogP contribution >= 0.6 is 0 Å². The van der Waals surface area contributed by atoms with Crippen LogP contribution < -0.4 is 0 Å². The number of carbonyl (C=O) groups is 1. The molecule has 1 saturated heterocycles. The van der Waals surface area contributed by atoms with Crippen LogP contribution in [0.15, 0.2) is 28.8 Å². The molecule has 6 heteroatoms. The van der Waals surface area contributed by atoms with Crippen molar-refractivity contribution < 1.29 is 14.4 Å². The van der Waals surface area contributed by atoms with Gasteiger partial charge in [0.15, 0.2) is 0 Å². The Kier molecular flexibility index (Phi) is 4.43. The third-order valence-electron chi connectivity index (χ3n) is 4.46. The summed E-state index contributed by atoms with van der Waals surface area (Å²) in [7, 11) is 0. The molecule has 2 heterocycles. The molecule has 1 fully saturated rings. The maximum atomic E-state index is 12.9. The average Bonchev–Trinajstić information content (AvgIpc) is 3.00. The van der Waals surface area contributed by atoms with Gasteiger partial charge in [-0.05, 0) is 30.9 Å². The van der Waals surface area contributed by atoms with Gasteiger partial charge in [-0.25, -0.2) is 0 Å². The highest BCUT2D eigenvalue weighted by Crippen LogP contribution is 2.26. The van der Waals surface area contributed by atoms with E-state index in [9.17, 15) is 9.90 Å². The number of aliphatic hydroxyl groups is 1. The fourth-order valence-corrected chi connectivity index (χ4v) is 3.15. The number of aryl methyl sites for hydroxylation is 1. The first-order valence-electron chi connectivity index (χ1n) is 7.92. The minimum absolute atomic E-state index is 0.00334. The lowest BCUT2D eigenvalue weighted by molar-refractivity contribution is 0.0358. The number of likely N-dealkylation sites (tertiary alicyclic amines) is 1. The summed E-state index contributed by atoms with van der Waals surface area (Å²) >= 11 is 0. The molecule has 0 saturated carbocycles. The van der Waals surface area contributed by atoms with Crippen molar-refractivity contribution in [2.45, 2.75) is 32.7 Å². The van der Waals surface area contributed by atoms with Crippen molar-refractivity contribution in [1.82, 2.24) is 15.0 Å². The average molecular weight is 315 g/mol. The summed E-state index contributed by atoms with van der Waals surface area (Å²) in [6, 6.07) is 7.11. The van der Waals surface area contributed by atoms with E-state index in [4.69, 9.17) is 4.52 Å². The molecule has 1 N–H and O–H groups in total. The smallest absolute Gasteiger partial charge is 0.254 e. The number of rotatable bonds is 3. The van der Waals surface area contributed by atoms with Gasteiger partial charge in [0, 0.05) is 24.6 Å². The van der Waals surface area contributed by atoms with Gasteiger partial charge in [-0.2, -0.15) is 4.98 Å². The van der Waals surface area contributed by atoms with Crippen LogP contribution in [0.5, 0.6) is 0 Å². The van der Waals surface area contributed by atoms with Gasteiger partial charge in [0.05, 0.1) is 12.6 Å². The monoisotopic (exact) mass is 315 g/mol. The van der Waals surface area contributed by atoms with E-state index in [-0.39, 0.29) is 18.6 Å². The van der Waals surface area contributed by atoms with Crippen LogP contribution in [0.1, 0.15) is 36.0 Å². The molecule has 0 bridgehead atoms. The van der Waals surface area contributed by atoms with E-state index in [1.807, 2.05) is 12.1 Å². The Bertz CT molecular complexity index is 698. The molecule has 23 heavy (non-hydrogen) atoms. The zero-order valence-electron chi connectivity index (χ0n) is 13.4. The maximum absolute atomic E-state index is 12.9. The molecule has 2 unspecified atom stereocenters. The SMILES string of the molecule is Cc1nc(-c2cccc(C(=O)N3CCCC(C)C3CO)c2)no1. The standard InChI is InChI=1S/C17H21N3O3/c1-11-5-4-8-20(15(11)10-21)17(22)14-7-3-6-13(9-14)16-18-12(2)23-19-16/h3,6-7,9,11,15,21H,4-5,8,10H2,1-2H3. The molecule has 1 aromatic carbocycles. The van der Waals surface area contributed by atoms with Crippen LogP contribution in [-0.4, -0.2) is 45.2 Å². The Morgan fingerprint density at radius 2 is 2.30 bits per heavy atom. The van der Waals surface area contributed by atoms with Gasteiger partial charge in [-0.15, -0.1) is 0 Å². The van der Waals surface area contributed by atoms with Crippen molar-refractivity contribution in [3.8, 4) is 11.4 Å².